The van der Waals surface area contributed by atoms with Crippen molar-refractivity contribution in [2.24, 2.45) is 5.92 Å². The number of aliphatic hydroxyl groups excluding tert-OH is 1. The Hall–Kier alpha value is -2.63. The third kappa shape index (κ3) is 3.68. The number of H-pyrrole nitrogens is 1. The molecule has 0 saturated carbocycles. The van der Waals surface area contributed by atoms with Crippen molar-refractivity contribution in [3.8, 4) is 11.3 Å². The first kappa shape index (κ1) is 18.7. The van der Waals surface area contributed by atoms with Gasteiger partial charge in [-0.25, -0.2) is 0 Å². The Morgan fingerprint density at radius 2 is 1.93 bits per heavy atom. The normalized spacial score (nSPS) is 19.6. The molecule has 2 N–H and O–H groups in total. The SMILES string of the molecule is O=C(c1cc(-c2ccccc2Cl)n[nH]1)N1CC[C@@H](c2ccccc2)[C@@H](CO)C1. The van der Waals surface area contributed by atoms with Crippen molar-refractivity contribution < 1.29 is 9.90 Å². The third-order valence-electron chi connectivity index (χ3n) is 5.44. The number of likely N-dealkylation sites (tertiary alicyclic amines) is 1. The van der Waals surface area contributed by atoms with Crippen LogP contribution >= 0.6 is 11.6 Å². The van der Waals surface area contributed by atoms with Crippen molar-refractivity contribution in [1.82, 2.24) is 15.1 Å². The molecule has 1 saturated heterocycles. The van der Waals surface area contributed by atoms with Crippen LogP contribution in [0, 0.1) is 5.92 Å². The number of nitrogens with one attached hydrogen (secondary N) is 1. The molecule has 0 bridgehead atoms. The number of rotatable bonds is 4. The second-order valence-corrected chi connectivity index (χ2v) is 7.55. The predicted molar refractivity (Wildman–Crippen MR) is 109 cm³/mol. The van der Waals surface area contributed by atoms with Crippen LogP contribution in [0.1, 0.15) is 28.4 Å². The maximum atomic E-state index is 13.0. The fraction of sp³-hybridized carbons (Fsp3) is 0.273. The van der Waals surface area contributed by atoms with E-state index >= 15 is 0 Å². The largest absolute Gasteiger partial charge is 0.396 e. The summed E-state index contributed by atoms with van der Waals surface area (Å²) in [7, 11) is 0. The topological polar surface area (TPSA) is 69.2 Å². The van der Waals surface area contributed by atoms with E-state index < -0.39 is 0 Å². The molecule has 1 fully saturated rings. The number of benzene rings is 2. The summed E-state index contributed by atoms with van der Waals surface area (Å²) >= 11 is 6.23. The van der Waals surface area contributed by atoms with Gasteiger partial charge in [-0.2, -0.15) is 5.10 Å². The van der Waals surface area contributed by atoms with Gasteiger partial charge in [0, 0.05) is 31.2 Å². The molecule has 3 aromatic rings. The Labute approximate surface area is 169 Å². The summed E-state index contributed by atoms with van der Waals surface area (Å²) in [5, 5.41) is 17.6. The van der Waals surface area contributed by atoms with Crippen LogP contribution in [0.15, 0.2) is 60.7 Å². The first-order valence-corrected chi connectivity index (χ1v) is 9.80. The lowest BCUT2D eigenvalue weighted by Crippen LogP contribution is -2.44. The van der Waals surface area contributed by atoms with Gasteiger partial charge in [-0.3, -0.25) is 9.89 Å². The molecule has 0 unspecified atom stereocenters. The predicted octanol–water partition coefficient (Wildman–Crippen LogP) is 3.97. The summed E-state index contributed by atoms with van der Waals surface area (Å²) in [5.74, 6) is 0.178. The second-order valence-electron chi connectivity index (χ2n) is 7.15. The van der Waals surface area contributed by atoms with Crippen molar-refractivity contribution in [3.05, 3.63) is 76.9 Å². The molecule has 28 heavy (non-hydrogen) atoms. The molecule has 0 spiro atoms. The van der Waals surface area contributed by atoms with Gasteiger partial charge in [0.05, 0.1) is 10.7 Å². The summed E-state index contributed by atoms with van der Waals surface area (Å²) in [6.07, 6.45) is 0.826. The lowest BCUT2D eigenvalue weighted by Gasteiger charge is -2.38. The van der Waals surface area contributed by atoms with E-state index in [0.29, 0.717) is 29.5 Å². The highest BCUT2D eigenvalue weighted by atomic mass is 35.5. The number of nitrogens with zero attached hydrogens (tertiary/aromatic N) is 2. The Balaban J connectivity index is 1.50. The Kier molecular flexibility index (Phi) is 5.46. The van der Waals surface area contributed by atoms with E-state index in [1.807, 2.05) is 36.4 Å². The number of aliphatic hydroxyl groups is 1. The first-order valence-electron chi connectivity index (χ1n) is 9.42. The van der Waals surface area contributed by atoms with E-state index in [0.717, 1.165) is 12.0 Å². The fourth-order valence-electron chi connectivity index (χ4n) is 3.95. The highest BCUT2D eigenvalue weighted by Gasteiger charge is 2.32. The van der Waals surface area contributed by atoms with Crippen LogP contribution in [-0.4, -0.2) is 45.8 Å². The molecule has 1 amide bonds. The fourth-order valence-corrected chi connectivity index (χ4v) is 4.18. The molecule has 5 nitrogen and oxygen atoms in total. The van der Waals surface area contributed by atoms with Gasteiger partial charge in [-0.1, -0.05) is 60.1 Å². The molecule has 0 radical (unpaired) electrons. The molecule has 2 heterocycles. The summed E-state index contributed by atoms with van der Waals surface area (Å²) in [5.41, 5.74) is 3.09. The van der Waals surface area contributed by atoms with Crippen LogP contribution in [0.5, 0.6) is 0 Å². The van der Waals surface area contributed by atoms with E-state index in [-0.39, 0.29) is 24.3 Å². The lowest BCUT2D eigenvalue weighted by atomic mass is 9.81. The number of carbonyl (C=O) groups is 1. The van der Waals surface area contributed by atoms with Crippen molar-refractivity contribution >= 4 is 17.5 Å². The molecular weight excluding hydrogens is 374 g/mol. The van der Waals surface area contributed by atoms with Crippen LogP contribution in [0.25, 0.3) is 11.3 Å². The Bertz CT molecular complexity index is 957. The number of aromatic nitrogens is 2. The number of hydrogen-bond acceptors (Lipinski definition) is 3. The molecule has 144 valence electrons. The zero-order chi connectivity index (χ0) is 19.5. The number of piperidine rings is 1. The van der Waals surface area contributed by atoms with Crippen LogP contribution in [-0.2, 0) is 0 Å². The standard InChI is InChI=1S/C22H22ClN3O2/c23-19-9-5-4-8-18(19)20-12-21(25-24-20)22(28)26-11-10-17(16(13-26)14-27)15-6-2-1-3-7-15/h1-9,12,16-17,27H,10-11,13-14H2,(H,24,25)/t16-,17+/m1/s1. The quantitative estimate of drug-likeness (QED) is 0.702. The van der Waals surface area contributed by atoms with E-state index in [2.05, 4.69) is 22.3 Å². The summed E-state index contributed by atoms with van der Waals surface area (Å²) in [6, 6.07) is 19.4. The smallest absolute Gasteiger partial charge is 0.271 e. The second kappa shape index (κ2) is 8.17. The van der Waals surface area contributed by atoms with Crippen LogP contribution in [0.4, 0.5) is 0 Å². The summed E-state index contributed by atoms with van der Waals surface area (Å²) in [6.45, 7) is 1.22. The molecule has 6 heteroatoms. The van der Waals surface area contributed by atoms with E-state index in [9.17, 15) is 9.90 Å². The number of carbonyl (C=O) groups excluding carboxylic acids is 1. The van der Waals surface area contributed by atoms with E-state index in [1.54, 1.807) is 17.0 Å². The highest BCUT2D eigenvalue weighted by Crippen LogP contribution is 2.33. The van der Waals surface area contributed by atoms with Gasteiger partial charge < -0.3 is 10.0 Å². The molecule has 2 aromatic carbocycles. The minimum Gasteiger partial charge on any atom is -0.396 e. The lowest BCUT2D eigenvalue weighted by molar-refractivity contribution is 0.0572. The van der Waals surface area contributed by atoms with Gasteiger partial charge in [-0.15, -0.1) is 0 Å². The Morgan fingerprint density at radius 3 is 2.68 bits per heavy atom. The number of aromatic amines is 1. The number of hydrogen-bond donors (Lipinski definition) is 2. The summed E-state index contributed by atoms with van der Waals surface area (Å²) < 4.78 is 0. The molecule has 1 aliphatic rings. The van der Waals surface area contributed by atoms with Gasteiger partial charge in [0.25, 0.3) is 5.91 Å². The number of amides is 1. The molecule has 2 atom stereocenters. The first-order chi connectivity index (χ1) is 13.7. The third-order valence-corrected chi connectivity index (χ3v) is 5.77. The molecule has 0 aliphatic carbocycles. The van der Waals surface area contributed by atoms with Gasteiger partial charge in [-0.05, 0) is 30.0 Å². The van der Waals surface area contributed by atoms with Crippen molar-refractivity contribution in [1.29, 1.82) is 0 Å². The maximum Gasteiger partial charge on any atom is 0.271 e. The molecular formula is C22H22ClN3O2. The minimum atomic E-state index is -0.101. The van der Waals surface area contributed by atoms with Gasteiger partial charge in [0.15, 0.2) is 0 Å². The van der Waals surface area contributed by atoms with Gasteiger partial charge >= 0.3 is 0 Å². The molecule has 1 aliphatic heterocycles. The van der Waals surface area contributed by atoms with Gasteiger partial charge in [0.1, 0.15) is 5.69 Å². The van der Waals surface area contributed by atoms with E-state index in [1.165, 1.54) is 5.56 Å². The summed E-state index contributed by atoms with van der Waals surface area (Å²) in [4.78, 5) is 14.8. The van der Waals surface area contributed by atoms with E-state index in [4.69, 9.17) is 11.6 Å². The average molecular weight is 396 g/mol. The zero-order valence-electron chi connectivity index (χ0n) is 15.4. The van der Waals surface area contributed by atoms with Crippen LogP contribution < -0.4 is 0 Å². The number of halogens is 1. The maximum absolute atomic E-state index is 13.0. The van der Waals surface area contributed by atoms with Crippen molar-refractivity contribution in [2.45, 2.75) is 12.3 Å². The van der Waals surface area contributed by atoms with Gasteiger partial charge in [0.2, 0.25) is 0 Å². The minimum absolute atomic E-state index is 0.0195. The molecule has 4 rings (SSSR count). The zero-order valence-corrected chi connectivity index (χ0v) is 16.1. The average Bonchev–Trinajstić information content (AvgIpc) is 3.23. The van der Waals surface area contributed by atoms with Crippen molar-refractivity contribution in [3.63, 3.8) is 0 Å². The monoisotopic (exact) mass is 395 g/mol. The van der Waals surface area contributed by atoms with Crippen LogP contribution in [0.2, 0.25) is 5.02 Å². The van der Waals surface area contributed by atoms with Crippen molar-refractivity contribution in [2.75, 3.05) is 19.7 Å². The molecule has 1 aromatic heterocycles. The van der Waals surface area contributed by atoms with Crippen LogP contribution in [0.3, 0.4) is 0 Å². The Morgan fingerprint density at radius 1 is 1.18 bits per heavy atom. The highest BCUT2D eigenvalue weighted by molar-refractivity contribution is 6.33.